The fraction of sp³-hybridized carbons (Fsp3) is 0.143. The van der Waals surface area contributed by atoms with Crippen molar-refractivity contribution in [3.63, 3.8) is 0 Å². The minimum absolute atomic E-state index is 0.498. The predicted octanol–water partition coefficient (Wildman–Crippen LogP) is 4.68. The van der Waals surface area contributed by atoms with Gasteiger partial charge in [0.1, 0.15) is 5.82 Å². The van der Waals surface area contributed by atoms with Gasteiger partial charge in [0, 0.05) is 22.8 Å². The molecule has 0 fully saturated rings. The van der Waals surface area contributed by atoms with Gasteiger partial charge in [-0.15, -0.1) is 0 Å². The molecule has 0 atom stereocenters. The van der Waals surface area contributed by atoms with Crippen molar-refractivity contribution in [3.8, 4) is 0 Å². The van der Waals surface area contributed by atoms with E-state index in [1.165, 1.54) is 0 Å². The van der Waals surface area contributed by atoms with Crippen LogP contribution in [-0.2, 0) is 6.42 Å². The Morgan fingerprint density at radius 3 is 2.57 bits per heavy atom. The summed E-state index contributed by atoms with van der Waals surface area (Å²) in [5.41, 5.74) is 0.912. The molecule has 110 valence electrons. The first-order valence-corrected chi connectivity index (χ1v) is 8.12. The second-order valence-electron chi connectivity index (χ2n) is 4.16. The molecule has 0 bridgehead atoms. The number of nitrogens with zero attached hydrogens (tertiary/aromatic N) is 1. The number of nitrogens with one attached hydrogen (secondary N) is 2. The number of aromatic nitrogens is 1. The van der Waals surface area contributed by atoms with E-state index in [1.807, 2.05) is 30.3 Å². The number of hydrogen-bond acceptors (Lipinski definition) is 2. The number of pyridine rings is 1. The summed E-state index contributed by atoms with van der Waals surface area (Å²) in [6.45, 7) is 0.625. The zero-order chi connectivity index (χ0) is 15.2. The van der Waals surface area contributed by atoms with Crippen LogP contribution in [0.25, 0.3) is 0 Å². The first-order chi connectivity index (χ1) is 10.1. The van der Waals surface area contributed by atoms with Gasteiger partial charge in [0.05, 0.1) is 4.47 Å². The average Bonchev–Trinajstić information content (AvgIpc) is 2.45. The minimum Gasteiger partial charge on any atom is -0.362 e. The van der Waals surface area contributed by atoms with Crippen LogP contribution in [0.15, 0.2) is 41.0 Å². The van der Waals surface area contributed by atoms with Crippen LogP contribution in [0.1, 0.15) is 5.56 Å². The Balaban J connectivity index is 1.86. The Kier molecular flexibility index (Phi) is 6.23. The summed E-state index contributed by atoms with van der Waals surface area (Å²) < 4.78 is 0.850. The maximum Gasteiger partial charge on any atom is 0.171 e. The van der Waals surface area contributed by atoms with Crippen molar-refractivity contribution in [2.45, 2.75) is 6.42 Å². The first-order valence-electron chi connectivity index (χ1n) is 6.16. The van der Waals surface area contributed by atoms with Crippen LogP contribution < -0.4 is 10.6 Å². The van der Waals surface area contributed by atoms with Crippen LogP contribution >= 0.6 is 51.3 Å². The third-order valence-corrected chi connectivity index (χ3v) is 4.31. The number of anilines is 1. The van der Waals surface area contributed by atoms with Crippen LogP contribution in [0.5, 0.6) is 0 Å². The Hall–Kier alpha value is -0.880. The van der Waals surface area contributed by atoms with E-state index in [1.54, 1.807) is 6.20 Å². The lowest BCUT2D eigenvalue weighted by atomic mass is 10.1. The molecular formula is C14H12BrCl2N3S. The molecule has 0 amide bonds. The second-order valence-corrected chi connectivity index (χ2v) is 6.24. The maximum atomic E-state index is 6.12. The summed E-state index contributed by atoms with van der Waals surface area (Å²) in [4.78, 5) is 4.19. The van der Waals surface area contributed by atoms with Gasteiger partial charge in [-0.3, -0.25) is 0 Å². The molecule has 2 aromatic rings. The van der Waals surface area contributed by atoms with Crippen molar-refractivity contribution in [3.05, 3.63) is 56.6 Å². The molecule has 0 unspecified atom stereocenters. The number of hydrogen-bond donors (Lipinski definition) is 2. The molecule has 3 nitrogen and oxygen atoms in total. The summed E-state index contributed by atoms with van der Waals surface area (Å²) >= 11 is 20.9. The summed E-state index contributed by atoms with van der Waals surface area (Å²) in [5.74, 6) is 0.672. The van der Waals surface area contributed by atoms with E-state index in [0.717, 1.165) is 10.0 Å². The zero-order valence-electron chi connectivity index (χ0n) is 10.9. The van der Waals surface area contributed by atoms with Gasteiger partial charge in [0.15, 0.2) is 5.11 Å². The molecule has 1 heterocycles. The van der Waals surface area contributed by atoms with Gasteiger partial charge in [0.2, 0.25) is 0 Å². The van der Waals surface area contributed by atoms with Gasteiger partial charge in [-0.05, 0) is 64.4 Å². The highest BCUT2D eigenvalue weighted by molar-refractivity contribution is 9.10. The SMILES string of the molecule is S=C(NCCc1c(Cl)cccc1Cl)Nc1ncccc1Br. The van der Waals surface area contributed by atoms with Crippen LogP contribution in [0.2, 0.25) is 10.0 Å². The smallest absolute Gasteiger partial charge is 0.171 e. The van der Waals surface area contributed by atoms with Crippen LogP contribution in [0.4, 0.5) is 5.82 Å². The normalized spacial score (nSPS) is 10.2. The molecule has 21 heavy (non-hydrogen) atoms. The van der Waals surface area contributed by atoms with E-state index >= 15 is 0 Å². The quantitative estimate of drug-likeness (QED) is 0.725. The number of rotatable bonds is 4. The first kappa shape index (κ1) is 16.5. The van der Waals surface area contributed by atoms with Gasteiger partial charge < -0.3 is 10.6 Å². The van der Waals surface area contributed by atoms with Gasteiger partial charge in [-0.25, -0.2) is 4.98 Å². The highest BCUT2D eigenvalue weighted by Crippen LogP contribution is 2.24. The summed E-state index contributed by atoms with van der Waals surface area (Å²) in [6.07, 6.45) is 2.38. The van der Waals surface area contributed by atoms with E-state index < -0.39 is 0 Å². The molecule has 0 radical (unpaired) electrons. The highest BCUT2D eigenvalue weighted by atomic mass is 79.9. The Bertz CT molecular complexity index is 632. The molecule has 0 aliphatic rings. The van der Waals surface area contributed by atoms with E-state index in [4.69, 9.17) is 35.4 Å². The Labute approximate surface area is 147 Å². The lowest BCUT2D eigenvalue weighted by Crippen LogP contribution is -2.30. The second kappa shape index (κ2) is 7.94. The lowest BCUT2D eigenvalue weighted by molar-refractivity contribution is 0.873. The zero-order valence-corrected chi connectivity index (χ0v) is 14.8. The third-order valence-electron chi connectivity index (χ3n) is 2.71. The Morgan fingerprint density at radius 2 is 1.90 bits per heavy atom. The average molecular weight is 405 g/mol. The van der Waals surface area contributed by atoms with E-state index in [0.29, 0.717) is 33.9 Å². The fourth-order valence-electron chi connectivity index (χ4n) is 1.70. The molecule has 1 aromatic carbocycles. The molecule has 0 saturated carbocycles. The van der Waals surface area contributed by atoms with E-state index in [-0.39, 0.29) is 0 Å². The van der Waals surface area contributed by atoms with Crippen LogP contribution in [-0.4, -0.2) is 16.6 Å². The maximum absolute atomic E-state index is 6.12. The summed E-state index contributed by atoms with van der Waals surface area (Å²) in [5, 5.41) is 7.95. The molecule has 2 rings (SSSR count). The minimum atomic E-state index is 0.498. The van der Waals surface area contributed by atoms with Crippen molar-refractivity contribution in [1.82, 2.24) is 10.3 Å². The fourth-order valence-corrected chi connectivity index (χ4v) is 2.84. The topological polar surface area (TPSA) is 37.0 Å². The predicted molar refractivity (Wildman–Crippen MR) is 96.3 cm³/mol. The van der Waals surface area contributed by atoms with Crippen molar-refractivity contribution in [2.24, 2.45) is 0 Å². The monoisotopic (exact) mass is 403 g/mol. The number of halogens is 3. The molecule has 0 aliphatic heterocycles. The van der Waals surface area contributed by atoms with Crippen molar-refractivity contribution < 1.29 is 0 Å². The molecule has 7 heteroatoms. The van der Waals surface area contributed by atoms with Crippen molar-refractivity contribution >= 4 is 62.3 Å². The summed E-state index contributed by atoms with van der Waals surface area (Å²) in [6, 6.07) is 9.20. The Morgan fingerprint density at radius 1 is 1.19 bits per heavy atom. The lowest BCUT2D eigenvalue weighted by Gasteiger charge is -2.12. The number of thiocarbonyl (C=S) groups is 1. The largest absolute Gasteiger partial charge is 0.362 e. The van der Waals surface area contributed by atoms with Crippen LogP contribution in [0, 0.1) is 0 Å². The third kappa shape index (κ3) is 4.81. The molecule has 0 saturated heterocycles. The van der Waals surface area contributed by atoms with Crippen molar-refractivity contribution in [2.75, 3.05) is 11.9 Å². The molecule has 0 aliphatic carbocycles. The highest BCUT2D eigenvalue weighted by Gasteiger charge is 2.06. The molecule has 1 aromatic heterocycles. The molecular weight excluding hydrogens is 393 g/mol. The van der Waals surface area contributed by atoms with E-state index in [9.17, 15) is 0 Å². The standard InChI is InChI=1S/C14H12BrCl2N3S/c15-10-3-2-7-18-13(10)20-14(21)19-8-6-9-11(16)4-1-5-12(9)17/h1-5,7H,6,8H2,(H2,18,19,20,21). The summed E-state index contributed by atoms with van der Waals surface area (Å²) in [7, 11) is 0. The van der Waals surface area contributed by atoms with Gasteiger partial charge in [-0.1, -0.05) is 29.3 Å². The molecule has 0 spiro atoms. The van der Waals surface area contributed by atoms with E-state index in [2.05, 4.69) is 31.5 Å². The molecule has 2 N–H and O–H groups in total. The van der Waals surface area contributed by atoms with Gasteiger partial charge in [0.25, 0.3) is 0 Å². The van der Waals surface area contributed by atoms with Crippen LogP contribution in [0.3, 0.4) is 0 Å². The van der Waals surface area contributed by atoms with Gasteiger partial charge in [-0.2, -0.15) is 0 Å². The van der Waals surface area contributed by atoms with Crippen molar-refractivity contribution in [1.29, 1.82) is 0 Å². The number of benzene rings is 1. The van der Waals surface area contributed by atoms with Gasteiger partial charge >= 0.3 is 0 Å².